The number of carboxylic acid groups (broad SMARTS) is 1. The molecule has 1 saturated heterocycles. The molecule has 1 aliphatic heterocycles. The van der Waals surface area contributed by atoms with Crippen LogP contribution in [0.25, 0.3) is 11.3 Å². The highest BCUT2D eigenvalue weighted by molar-refractivity contribution is 6.42. The first kappa shape index (κ1) is 26.2. The van der Waals surface area contributed by atoms with Gasteiger partial charge in [-0.25, -0.2) is 0 Å². The van der Waals surface area contributed by atoms with Crippen LogP contribution in [-0.2, 0) is 17.6 Å². The number of aryl methyl sites for hydroxylation is 1. The maximum Gasteiger partial charge on any atom is 0.307 e. The number of hydrogen-bond acceptors (Lipinski definition) is 5. The number of aromatic nitrogens is 2. The summed E-state index contributed by atoms with van der Waals surface area (Å²) in [5.41, 5.74) is 5.20. The molecule has 0 atom stereocenters. The van der Waals surface area contributed by atoms with Gasteiger partial charge in [0.1, 0.15) is 5.75 Å². The van der Waals surface area contributed by atoms with E-state index in [4.69, 9.17) is 27.9 Å². The highest BCUT2D eigenvalue weighted by atomic mass is 35.5. The van der Waals surface area contributed by atoms with Gasteiger partial charge < -0.3 is 14.7 Å². The van der Waals surface area contributed by atoms with E-state index in [1.807, 2.05) is 31.2 Å². The molecule has 0 amide bonds. The molecule has 1 fully saturated rings. The van der Waals surface area contributed by atoms with Crippen molar-refractivity contribution in [2.45, 2.75) is 46.5 Å². The van der Waals surface area contributed by atoms with Gasteiger partial charge in [-0.3, -0.25) is 14.8 Å². The van der Waals surface area contributed by atoms with E-state index in [1.54, 1.807) is 18.5 Å². The van der Waals surface area contributed by atoms with Crippen LogP contribution in [0.15, 0.2) is 42.7 Å². The minimum absolute atomic E-state index is 0.0742. The van der Waals surface area contributed by atoms with Crippen molar-refractivity contribution < 1.29 is 14.6 Å². The largest absolute Gasteiger partial charge is 0.492 e. The van der Waals surface area contributed by atoms with Crippen molar-refractivity contribution in [2.75, 3.05) is 24.6 Å². The van der Waals surface area contributed by atoms with Crippen LogP contribution >= 0.6 is 23.2 Å². The zero-order valence-corrected chi connectivity index (χ0v) is 22.4. The van der Waals surface area contributed by atoms with Crippen molar-refractivity contribution in [3.05, 3.63) is 69.6 Å². The first-order chi connectivity index (χ1) is 17.1. The third-order valence-corrected chi connectivity index (χ3v) is 7.67. The molecule has 36 heavy (non-hydrogen) atoms. The summed E-state index contributed by atoms with van der Waals surface area (Å²) in [5.74, 6) is -0.226. The number of pyridine rings is 2. The Morgan fingerprint density at radius 1 is 1.11 bits per heavy atom. The second kappa shape index (κ2) is 11.1. The second-order valence-corrected chi connectivity index (χ2v) is 10.8. The number of hydrogen-bond donors (Lipinski definition) is 1. The lowest BCUT2D eigenvalue weighted by atomic mass is 9.82. The highest BCUT2D eigenvalue weighted by Crippen LogP contribution is 2.39. The summed E-state index contributed by atoms with van der Waals surface area (Å²) in [6.07, 6.45) is 6.12. The molecular formula is C28H31Cl2N3O3. The molecule has 3 heterocycles. The molecule has 1 aromatic carbocycles. The van der Waals surface area contributed by atoms with Crippen molar-refractivity contribution in [1.82, 2.24) is 9.97 Å². The molecule has 1 aliphatic rings. The minimum atomic E-state index is -0.868. The third kappa shape index (κ3) is 6.11. The summed E-state index contributed by atoms with van der Waals surface area (Å²) < 4.78 is 5.89. The van der Waals surface area contributed by atoms with Crippen molar-refractivity contribution >= 4 is 34.9 Å². The van der Waals surface area contributed by atoms with Crippen LogP contribution in [0.1, 0.15) is 43.5 Å². The monoisotopic (exact) mass is 527 g/mol. The van der Waals surface area contributed by atoms with Gasteiger partial charge in [0, 0.05) is 42.5 Å². The Labute approximate surface area is 222 Å². The molecule has 0 aliphatic carbocycles. The predicted molar refractivity (Wildman–Crippen MR) is 144 cm³/mol. The average molecular weight is 528 g/mol. The summed E-state index contributed by atoms with van der Waals surface area (Å²) in [7, 11) is 0. The number of rotatable bonds is 8. The Morgan fingerprint density at radius 3 is 2.53 bits per heavy atom. The number of benzene rings is 1. The Kier molecular flexibility index (Phi) is 8.06. The fraction of sp³-hybridized carbons (Fsp3) is 0.393. The molecule has 2 aromatic heterocycles. The zero-order valence-electron chi connectivity index (χ0n) is 20.9. The van der Waals surface area contributed by atoms with Gasteiger partial charge in [0.05, 0.1) is 40.7 Å². The summed E-state index contributed by atoms with van der Waals surface area (Å²) in [6.45, 7) is 8.59. The lowest BCUT2D eigenvalue weighted by Gasteiger charge is -2.40. The number of aliphatic carboxylic acids is 1. The van der Waals surface area contributed by atoms with Gasteiger partial charge in [0.25, 0.3) is 0 Å². The summed E-state index contributed by atoms with van der Waals surface area (Å²) in [5, 5.41) is 10.7. The van der Waals surface area contributed by atoms with Crippen LogP contribution in [-0.4, -0.2) is 40.7 Å². The van der Waals surface area contributed by atoms with Crippen LogP contribution < -0.4 is 9.64 Å². The number of carboxylic acids is 1. The molecule has 0 unspecified atom stereocenters. The summed E-state index contributed by atoms with van der Waals surface area (Å²) in [6, 6.07) is 9.34. The Morgan fingerprint density at radius 2 is 1.86 bits per heavy atom. The lowest BCUT2D eigenvalue weighted by Crippen LogP contribution is -2.38. The summed E-state index contributed by atoms with van der Waals surface area (Å²) in [4.78, 5) is 23.2. The van der Waals surface area contributed by atoms with Gasteiger partial charge >= 0.3 is 5.97 Å². The third-order valence-electron chi connectivity index (χ3n) is 6.81. The smallest absolute Gasteiger partial charge is 0.307 e. The van der Waals surface area contributed by atoms with Crippen LogP contribution in [0.5, 0.6) is 5.75 Å². The van der Waals surface area contributed by atoms with Crippen molar-refractivity contribution in [2.24, 2.45) is 5.41 Å². The Hall–Kier alpha value is -2.83. The van der Waals surface area contributed by atoms with Crippen LogP contribution in [0.3, 0.4) is 0 Å². The number of carbonyl (C=O) groups is 1. The van der Waals surface area contributed by atoms with E-state index in [0.717, 1.165) is 59.7 Å². The highest BCUT2D eigenvalue weighted by Gasteiger charge is 2.29. The molecule has 0 saturated carbocycles. The molecule has 190 valence electrons. The number of ether oxygens (including phenoxy) is 1. The van der Waals surface area contributed by atoms with Crippen LogP contribution in [0.2, 0.25) is 10.0 Å². The zero-order chi connectivity index (χ0) is 25.9. The van der Waals surface area contributed by atoms with E-state index < -0.39 is 5.97 Å². The van der Waals surface area contributed by atoms with Gasteiger partial charge in [-0.2, -0.15) is 0 Å². The topological polar surface area (TPSA) is 75.6 Å². The molecule has 1 N–H and O–H groups in total. The molecule has 0 spiro atoms. The first-order valence-corrected chi connectivity index (χ1v) is 12.9. The van der Waals surface area contributed by atoms with E-state index in [0.29, 0.717) is 28.8 Å². The number of halogens is 2. The number of piperidine rings is 1. The Balaban J connectivity index is 1.57. The standard InChI is InChI=1S/C28H31Cl2N3O3/c1-18-21(15-25(34)35)27(33-12-10-28(2,3)11-13-33)22(17-31-18)24-8-7-20(16-32-24)36-14-9-19-5-4-6-23(29)26(19)30/h4-8,16-17H,9-15H2,1-3H3,(H,34,35). The van der Waals surface area contributed by atoms with E-state index in [-0.39, 0.29) is 11.8 Å². The molecule has 0 bridgehead atoms. The molecular weight excluding hydrogens is 497 g/mol. The van der Waals surface area contributed by atoms with Gasteiger partial charge in [0.15, 0.2) is 0 Å². The van der Waals surface area contributed by atoms with Crippen molar-refractivity contribution in [3.8, 4) is 17.0 Å². The predicted octanol–water partition coefficient (Wildman–Crippen LogP) is 6.63. The summed E-state index contributed by atoms with van der Waals surface area (Å²) >= 11 is 12.4. The van der Waals surface area contributed by atoms with Gasteiger partial charge in [-0.15, -0.1) is 0 Å². The van der Waals surface area contributed by atoms with E-state index in [9.17, 15) is 9.90 Å². The Bertz CT molecular complexity index is 1240. The number of anilines is 1. The molecule has 0 radical (unpaired) electrons. The molecule has 8 heteroatoms. The fourth-order valence-corrected chi connectivity index (χ4v) is 4.94. The molecule has 4 rings (SSSR count). The SMILES string of the molecule is Cc1ncc(-c2ccc(OCCc3cccc(Cl)c3Cl)cn2)c(N2CCC(C)(C)CC2)c1CC(=O)O. The van der Waals surface area contributed by atoms with E-state index in [1.165, 1.54) is 0 Å². The van der Waals surface area contributed by atoms with E-state index in [2.05, 4.69) is 28.7 Å². The average Bonchev–Trinajstić information content (AvgIpc) is 2.83. The van der Waals surface area contributed by atoms with Crippen molar-refractivity contribution in [3.63, 3.8) is 0 Å². The molecule has 6 nitrogen and oxygen atoms in total. The quantitative estimate of drug-likeness (QED) is 0.354. The van der Waals surface area contributed by atoms with Crippen molar-refractivity contribution in [1.29, 1.82) is 0 Å². The lowest BCUT2D eigenvalue weighted by molar-refractivity contribution is -0.136. The fourth-order valence-electron chi connectivity index (χ4n) is 4.53. The normalized spacial score (nSPS) is 15.1. The number of nitrogens with zero attached hydrogens (tertiary/aromatic N) is 3. The minimum Gasteiger partial charge on any atom is -0.492 e. The second-order valence-electron chi connectivity index (χ2n) is 10.00. The maximum absolute atomic E-state index is 11.7. The van der Waals surface area contributed by atoms with Crippen LogP contribution in [0.4, 0.5) is 5.69 Å². The van der Waals surface area contributed by atoms with Gasteiger partial charge in [0.2, 0.25) is 0 Å². The molecule has 3 aromatic rings. The van der Waals surface area contributed by atoms with Gasteiger partial charge in [-0.05, 0) is 48.9 Å². The maximum atomic E-state index is 11.7. The van der Waals surface area contributed by atoms with Crippen LogP contribution in [0, 0.1) is 12.3 Å². The first-order valence-electron chi connectivity index (χ1n) is 12.1. The van der Waals surface area contributed by atoms with E-state index >= 15 is 0 Å². The van der Waals surface area contributed by atoms with Gasteiger partial charge in [-0.1, -0.05) is 49.2 Å².